The lowest BCUT2D eigenvalue weighted by Gasteiger charge is -2.09. The van der Waals surface area contributed by atoms with Crippen molar-refractivity contribution in [1.29, 1.82) is 0 Å². The number of aromatic nitrogens is 1. The number of aryl methyl sites for hydroxylation is 2. The normalized spacial score (nSPS) is 10.3. The van der Waals surface area contributed by atoms with Gasteiger partial charge in [0.05, 0.1) is 10.2 Å². The summed E-state index contributed by atoms with van der Waals surface area (Å²) in [6.07, 6.45) is 1.59. The van der Waals surface area contributed by atoms with Gasteiger partial charge in [0, 0.05) is 18.8 Å². The van der Waals surface area contributed by atoms with Crippen molar-refractivity contribution in [3.8, 4) is 0 Å². The lowest BCUT2D eigenvalue weighted by atomic mass is 10.1. The van der Waals surface area contributed by atoms with E-state index in [0.717, 1.165) is 5.56 Å². The predicted molar refractivity (Wildman–Crippen MR) is 78.5 cm³/mol. The molecule has 0 saturated carbocycles. The summed E-state index contributed by atoms with van der Waals surface area (Å²) in [6.45, 7) is 1.88. The summed E-state index contributed by atoms with van der Waals surface area (Å²) < 4.78 is 1.83. The van der Waals surface area contributed by atoms with E-state index in [1.807, 2.05) is 25.1 Å². The van der Waals surface area contributed by atoms with Crippen LogP contribution in [-0.4, -0.2) is 10.5 Å². The minimum absolute atomic E-state index is 0.145. The Hall–Kier alpha value is -1.88. The van der Waals surface area contributed by atoms with Crippen molar-refractivity contribution >= 4 is 27.5 Å². The van der Waals surface area contributed by atoms with Crippen LogP contribution in [0.15, 0.2) is 45.8 Å². The lowest BCUT2D eigenvalue weighted by Crippen LogP contribution is -2.20. The van der Waals surface area contributed by atoms with Crippen molar-refractivity contribution in [1.82, 2.24) is 4.57 Å². The van der Waals surface area contributed by atoms with Crippen molar-refractivity contribution in [2.24, 2.45) is 7.05 Å². The van der Waals surface area contributed by atoms with Crippen LogP contribution in [0.1, 0.15) is 15.9 Å². The first-order chi connectivity index (χ1) is 8.99. The van der Waals surface area contributed by atoms with Crippen LogP contribution >= 0.6 is 15.9 Å². The van der Waals surface area contributed by atoms with Gasteiger partial charge in [0.15, 0.2) is 0 Å². The second-order valence-corrected chi connectivity index (χ2v) is 5.12. The number of amides is 1. The first kappa shape index (κ1) is 13.5. The third kappa shape index (κ3) is 2.93. The van der Waals surface area contributed by atoms with E-state index in [1.54, 1.807) is 25.4 Å². The number of hydrogen-bond acceptors (Lipinski definition) is 2. The molecule has 98 valence electrons. The molecule has 1 heterocycles. The first-order valence-corrected chi connectivity index (χ1v) is 6.51. The second kappa shape index (κ2) is 5.40. The van der Waals surface area contributed by atoms with Gasteiger partial charge in [-0.05, 0) is 40.5 Å². The van der Waals surface area contributed by atoms with Gasteiger partial charge in [0.25, 0.3) is 11.5 Å². The standard InChI is InChI=1S/C14H13BrN2O2/c1-9-5-3-4-6-11(9)13(18)16-10-7-12(15)14(19)17(2)8-10/h3-8H,1-2H3,(H,16,18). The fraction of sp³-hybridized carbons (Fsp3) is 0.143. The molecule has 1 aromatic carbocycles. The average Bonchev–Trinajstić information content (AvgIpc) is 2.36. The van der Waals surface area contributed by atoms with Crippen LogP contribution < -0.4 is 10.9 Å². The highest BCUT2D eigenvalue weighted by Gasteiger charge is 2.10. The highest BCUT2D eigenvalue weighted by atomic mass is 79.9. The zero-order chi connectivity index (χ0) is 14.0. The van der Waals surface area contributed by atoms with Gasteiger partial charge in [-0.2, -0.15) is 0 Å². The van der Waals surface area contributed by atoms with E-state index in [9.17, 15) is 9.59 Å². The van der Waals surface area contributed by atoms with Gasteiger partial charge in [0.1, 0.15) is 0 Å². The van der Waals surface area contributed by atoms with Crippen LogP contribution in [0.3, 0.4) is 0 Å². The number of hydrogen-bond donors (Lipinski definition) is 1. The van der Waals surface area contributed by atoms with Crippen molar-refractivity contribution < 1.29 is 4.79 Å². The Morgan fingerprint density at radius 3 is 2.63 bits per heavy atom. The van der Waals surface area contributed by atoms with Gasteiger partial charge in [-0.3, -0.25) is 9.59 Å². The molecular formula is C14H13BrN2O2. The molecule has 1 amide bonds. The summed E-state index contributed by atoms with van der Waals surface area (Å²) in [5.74, 6) is -0.191. The van der Waals surface area contributed by atoms with E-state index in [0.29, 0.717) is 15.7 Å². The molecule has 4 nitrogen and oxygen atoms in total. The summed E-state index contributed by atoms with van der Waals surface area (Å²) in [5, 5.41) is 2.78. The Kier molecular flexibility index (Phi) is 3.85. The molecule has 2 rings (SSSR count). The van der Waals surface area contributed by atoms with Crippen LogP contribution in [0.5, 0.6) is 0 Å². The molecule has 1 aromatic heterocycles. The third-order valence-corrected chi connectivity index (χ3v) is 3.36. The molecule has 0 bridgehead atoms. The first-order valence-electron chi connectivity index (χ1n) is 5.72. The molecule has 0 unspecified atom stereocenters. The maximum atomic E-state index is 12.1. The maximum Gasteiger partial charge on any atom is 0.264 e. The summed E-state index contributed by atoms with van der Waals surface area (Å²) in [7, 11) is 1.64. The number of anilines is 1. The van der Waals surface area contributed by atoms with Crippen molar-refractivity contribution in [2.45, 2.75) is 6.92 Å². The Balaban J connectivity index is 2.30. The number of rotatable bonds is 2. The molecule has 19 heavy (non-hydrogen) atoms. The zero-order valence-electron chi connectivity index (χ0n) is 10.6. The minimum atomic E-state index is -0.191. The maximum absolute atomic E-state index is 12.1. The number of halogens is 1. The number of nitrogens with one attached hydrogen (secondary N) is 1. The largest absolute Gasteiger partial charge is 0.321 e. The van der Waals surface area contributed by atoms with E-state index in [4.69, 9.17) is 0 Å². The van der Waals surface area contributed by atoms with Crippen molar-refractivity contribution in [3.63, 3.8) is 0 Å². The SMILES string of the molecule is Cc1ccccc1C(=O)Nc1cc(Br)c(=O)n(C)c1. The molecule has 0 aliphatic heterocycles. The Bertz CT molecular complexity index is 666. The van der Waals surface area contributed by atoms with E-state index in [-0.39, 0.29) is 11.5 Å². The summed E-state index contributed by atoms with van der Waals surface area (Å²) >= 11 is 3.17. The van der Waals surface area contributed by atoms with Gasteiger partial charge in [-0.1, -0.05) is 18.2 Å². The lowest BCUT2D eigenvalue weighted by molar-refractivity contribution is 0.102. The highest BCUT2D eigenvalue weighted by molar-refractivity contribution is 9.10. The number of nitrogens with zero attached hydrogens (tertiary/aromatic N) is 1. The van der Waals surface area contributed by atoms with Crippen LogP contribution in [0, 0.1) is 6.92 Å². The van der Waals surface area contributed by atoms with Crippen LogP contribution in [0.2, 0.25) is 0 Å². The molecule has 1 N–H and O–H groups in total. The highest BCUT2D eigenvalue weighted by Crippen LogP contribution is 2.14. The Morgan fingerprint density at radius 2 is 2.00 bits per heavy atom. The molecule has 0 aliphatic rings. The van der Waals surface area contributed by atoms with Gasteiger partial charge in [-0.15, -0.1) is 0 Å². The van der Waals surface area contributed by atoms with E-state index in [2.05, 4.69) is 21.2 Å². The fourth-order valence-electron chi connectivity index (χ4n) is 1.77. The van der Waals surface area contributed by atoms with Gasteiger partial charge < -0.3 is 9.88 Å². The smallest absolute Gasteiger partial charge is 0.264 e. The number of benzene rings is 1. The number of carbonyl (C=O) groups excluding carboxylic acids is 1. The fourth-order valence-corrected chi connectivity index (χ4v) is 2.29. The Labute approximate surface area is 119 Å². The molecular weight excluding hydrogens is 308 g/mol. The second-order valence-electron chi connectivity index (χ2n) is 4.26. The summed E-state index contributed by atoms with van der Waals surface area (Å²) in [5.41, 5.74) is 1.95. The van der Waals surface area contributed by atoms with Crippen molar-refractivity contribution in [3.05, 3.63) is 62.5 Å². The van der Waals surface area contributed by atoms with Crippen LogP contribution in [0.4, 0.5) is 5.69 Å². The Morgan fingerprint density at radius 1 is 1.32 bits per heavy atom. The number of carbonyl (C=O) groups is 1. The van der Waals surface area contributed by atoms with Crippen molar-refractivity contribution in [2.75, 3.05) is 5.32 Å². The molecule has 2 aromatic rings. The molecule has 5 heteroatoms. The predicted octanol–water partition coefficient (Wildman–Crippen LogP) is 2.71. The third-order valence-electron chi connectivity index (χ3n) is 2.79. The topological polar surface area (TPSA) is 51.1 Å². The summed E-state index contributed by atoms with van der Waals surface area (Å²) in [4.78, 5) is 23.7. The molecule has 0 fully saturated rings. The van der Waals surface area contributed by atoms with Crippen LogP contribution in [0.25, 0.3) is 0 Å². The molecule has 0 radical (unpaired) electrons. The van der Waals surface area contributed by atoms with E-state index < -0.39 is 0 Å². The zero-order valence-corrected chi connectivity index (χ0v) is 12.2. The average molecular weight is 321 g/mol. The minimum Gasteiger partial charge on any atom is -0.321 e. The molecule has 0 saturated heterocycles. The van der Waals surface area contributed by atoms with E-state index >= 15 is 0 Å². The van der Waals surface area contributed by atoms with E-state index in [1.165, 1.54) is 4.57 Å². The molecule has 0 aliphatic carbocycles. The molecule has 0 atom stereocenters. The molecule has 0 spiro atoms. The quantitative estimate of drug-likeness (QED) is 0.925. The summed E-state index contributed by atoms with van der Waals surface area (Å²) in [6, 6.07) is 8.94. The van der Waals surface area contributed by atoms with Crippen LogP contribution in [-0.2, 0) is 7.05 Å². The van der Waals surface area contributed by atoms with Gasteiger partial charge in [0.2, 0.25) is 0 Å². The number of pyridine rings is 1. The monoisotopic (exact) mass is 320 g/mol. The van der Waals surface area contributed by atoms with Gasteiger partial charge >= 0.3 is 0 Å². The van der Waals surface area contributed by atoms with Gasteiger partial charge in [-0.25, -0.2) is 0 Å².